The lowest BCUT2D eigenvalue weighted by atomic mass is 10.1. The van der Waals surface area contributed by atoms with Crippen molar-refractivity contribution in [3.8, 4) is 34.1 Å². The minimum Gasteiger partial charge on any atom is -0.497 e. The lowest BCUT2D eigenvalue weighted by Crippen LogP contribution is -2.01. The molecule has 2 heterocycles. The first-order valence-corrected chi connectivity index (χ1v) is 9.90. The van der Waals surface area contributed by atoms with E-state index in [0.717, 1.165) is 11.1 Å². The van der Waals surface area contributed by atoms with Crippen molar-refractivity contribution in [2.75, 3.05) is 14.2 Å². The van der Waals surface area contributed by atoms with Gasteiger partial charge in [-0.2, -0.15) is 0 Å². The van der Waals surface area contributed by atoms with Crippen LogP contribution in [0.1, 0.15) is 0 Å². The Morgan fingerprint density at radius 2 is 0.969 bits per heavy atom. The van der Waals surface area contributed by atoms with Crippen LogP contribution in [-0.2, 0) is 0 Å². The standard InChI is InChI=1S/C26H18O6/c1-29-17-7-9-19-21(27)13-23(31-25(19)11-17)15-3-5-16(6-4-15)24-14-22(28)20-10-8-18(30-2)12-26(20)32-24/h3-14H,1-2H3. The summed E-state index contributed by atoms with van der Waals surface area (Å²) in [6.07, 6.45) is 0. The molecule has 0 aliphatic heterocycles. The first kappa shape index (κ1) is 19.6. The van der Waals surface area contributed by atoms with E-state index in [1.165, 1.54) is 12.1 Å². The maximum Gasteiger partial charge on any atom is 0.193 e. The highest BCUT2D eigenvalue weighted by atomic mass is 16.5. The van der Waals surface area contributed by atoms with Crippen LogP contribution < -0.4 is 20.3 Å². The highest BCUT2D eigenvalue weighted by Gasteiger charge is 2.11. The summed E-state index contributed by atoms with van der Waals surface area (Å²) in [6, 6.07) is 20.4. The molecule has 5 rings (SSSR count). The van der Waals surface area contributed by atoms with Gasteiger partial charge in [-0.25, -0.2) is 0 Å². The number of rotatable bonds is 4. The van der Waals surface area contributed by atoms with E-state index in [4.69, 9.17) is 18.3 Å². The summed E-state index contributed by atoms with van der Waals surface area (Å²) in [4.78, 5) is 25.0. The van der Waals surface area contributed by atoms with E-state index in [2.05, 4.69) is 0 Å². The zero-order valence-corrected chi connectivity index (χ0v) is 17.4. The van der Waals surface area contributed by atoms with Crippen LogP contribution in [0.25, 0.3) is 44.6 Å². The number of methoxy groups -OCH3 is 2. The molecule has 6 heteroatoms. The van der Waals surface area contributed by atoms with E-state index >= 15 is 0 Å². The molecule has 0 radical (unpaired) electrons. The highest BCUT2D eigenvalue weighted by molar-refractivity contribution is 5.81. The van der Waals surface area contributed by atoms with Crippen molar-refractivity contribution in [2.24, 2.45) is 0 Å². The smallest absolute Gasteiger partial charge is 0.193 e. The van der Waals surface area contributed by atoms with E-state index in [1.807, 2.05) is 24.3 Å². The fraction of sp³-hybridized carbons (Fsp3) is 0.0769. The van der Waals surface area contributed by atoms with Crippen LogP contribution in [-0.4, -0.2) is 14.2 Å². The molecule has 0 bridgehead atoms. The third kappa shape index (κ3) is 3.41. The third-order valence-electron chi connectivity index (χ3n) is 5.33. The molecule has 0 aliphatic rings. The Bertz CT molecular complexity index is 1450. The average Bonchev–Trinajstić information content (AvgIpc) is 2.83. The van der Waals surface area contributed by atoms with Gasteiger partial charge < -0.3 is 18.3 Å². The number of hydrogen-bond acceptors (Lipinski definition) is 6. The van der Waals surface area contributed by atoms with Crippen LogP contribution in [0.2, 0.25) is 0 Å². The van der Waals surface area contributed by atoms with Crippen LogP contribution >= 0.6 is 0 Å². The minimum atomic E-state index is -0.137. The maximum absolute atomic E-state index is 12.5. The minimum absolute atomic E-state index is 0.137. The van der Waals surface area contributed by atoms with Gasteiger partial charge in [-0.1, -0.05) is 24.3 Å². The Morgan fingerprint density at radius 1 is 0.562 bits per heavy atom. The van der Waals surface area contributed by atoms with Gasteiger partial charge in [-0.15, -0.1) is 0 Å². The SMILES string of the molecule is COc1ccc2c(=O)cc(-c3ccc(-c4cc(=O)c5ccc(OC)cc5o4)cc3)oc2c1. The Hall–Kier alpha value is -4.32. The topological polar surface area (TPSA) is 78.9 Å². The molecule has 0 aliphatic carbocycles. The highest BCUT2D eigenvalue weighted by Crippen LogP contribution is 2.29. The van der Waals surface area contributed by atoms with Gasteiger partial charge in [-0.05, 0) is 24.3 Å². The second-order valence-electron chi connectivity index (χ2n) is 7.25. The van der Waals surface area contributed by atoms with Gasteiger partial charge >= 0.3 is 0 Å². The van der Waals surface area contributed by atoms with Crippen molar-refractivity contribution in [3.63, 3.8) is 0 Å². The average molecular weight is 426 g/mol. The van der Waals surface area contributed by atoms with Gasteiger partial charge in [0.1, 0.15) is 34.2 Å². The van der Waals surface area contributed by atoms with Gasteiger partial charge in [-0.3, -0.25) is 9.59 Å². The summed E-state index contributed by atoms with van der Waals surface area (Å²) in [7, 11) is 3.12. The summed E-state index contributed by atoms with van der Waals surface area (Å²) in [5.74, 6) is 2.09. The fourth-order valence-electron chi connectivity index (χ4n) is 3.61. The number of hydrogen-bond donors (Lipinski definition) is 0. The summed E-state index contributed by atoms with van der Waals surface area (Å²) < 4.78 is 22.3. The largest absolute Gasteiger partial charge is 0.497 e. The molecular formula is C26H18O6. The fourth-order valence-corrected chi connectivity index (χ4v) is 3.61. The van der Waals surface area contributed by atoms with E-state index in [9.17, 15) is 9.59 Å². The van der Waals surface area contributed by atoms with Crippen molar-refractivity contribution >= 4 is 21.9 Å². The van der Waals surface area contributed by atoms with E-state index < -0.39 is 0 Å². The van der Waals surface area contributed by atoms with Gasteiger partial charge in [0.05, 0.1) is 25.0 Å². The summed E-state index contributed by atoms with van der Waals surface area (Å²) in [5.41, 5.74) is 2.07. The molecule has 0 spiro atoms. The quantitative estimate of drug-likeness (QED) is 0.391. The van der Waals surface area contributed by atoms with Crippen molar-refractivity contribution in [3.05, 3.63) is 93.2 Å². The van der Waals surface area contributed by atoms with Crippen molar-refractivity contribution in [2.45, 2.75) is 0 Å². The van der Waals surface area contributed by atoms with Crippen LogP contribution in [0.15, 0.2) is 91.2 Å². The van der Waals surface area contributed by atoms with Crippen molar-refractivity contribution in [1.82, 2.24) is 0 Å². The molecule has 0 atom stereocenters. The van der Waals surface area contributed by atoms with Crippen LogP contribution in [0.3, 0.4) is 0 Å². The Labute approximate surface area is 182 Å². The van der Waals surface area contributed by atoms with Gasteiger partial charge in [0.25, 0.3) is 0 Å². The number of benzene rings is 3. The normalized spacial score (nSPS) is 11.1. The lowest BCUT2D eigenvalue weighted by Gasteiger charge is -2.07. The van der Waals surface area contributed by atoms with E-state index in [0.29, 0.717) is 45.0 Å². The third-order valence-corrected chi connectivity index (χ3v) is 5.33. The van der Waals surface area contributed by atoms with E-state index in [1.54, 1.807) is 50.6 Å². The van der Waals surface area contributed by atoms with E-state index in [-0.39, 0.29) is 10.9 Å². The van der Waals surface area contributed by atoms with Crippen LogP contribution in [0, 0.1) is 0 Å². The molecule has 158 valence electrons. The van der Waals surface area contributed by atoms with Crippen molar-refractivity contribution in [1.29, 1.82) is 0 Å². The number of ether oxygens (including phenoxy) is 2. The second kappa shape index (κ2) is 7.74. The zero-order chi connectivity index (χ0) is 22.2. The van der Waals surface area contributed by atoms with Gasteiger partial charge in [0.2, 0.25) is 0 Å². The summed E-state index contributed by atoms with van der Waals surface area (Å²) in [5, 5.41) is 0.971. The molecular weight excluding hydrogens is 408 g/mol. The second-order valence-corrected chi connectivity index (χ2v) is 7.25. The predicted octanol–water partition coefficient (Wildman–Crippen LogP) is 5.25. The molecule has 0 fully saturated rings. The molecule has 0 N–H and O–H groups in total. The lowest BCUT2D eigenvalue weighted by molar-refractivity contribution is 0.414. The zero-order valence-electron chi connectivity index (χ0n) is 17.4. The van der Waals surface area contributed by atoms with Crippen LogP contribution in [0.5, 0.6) is 11.5 Å². The van der Waals surface area contributed by atoms with Crippen molar-refractivity contribution < 1.29 is 18.3 Å². The maximum atomic E-state index is 12.5. The Morgan fingerprint density at radius 3 is 1.34 bits per heavy atom. The van der Waals surface area contributed by atoms with Gasteiger partial charge in [0, 0.05) is 35.4 Å². The molecule has 0 amide bonds. The molecule has 0 unspecified atom stereocenters. The first-order chi connectivity index (χ1) is 15.6. The molecule has 0 saturated carbocycles. The predicted molar refractivity (Wildman–Crippen MR) is 123 cm³/mol. The Kier molecular flexibility index (Phi) is 4.75. The summed E-state index contributed by atoms with van der Waals surface area (Å²) in [6.45, 7) is 0. The van der Waals surface area contributed by atoms with Crippen LogP contribution in [0.4, 0.5) is 0 Å². The molecule has 6 nitrogen and oxygen atoms in total. The summed E-state index contributed by atoms with van der Waals surface area (Å²) >= 11 is 0. The molecule has 3 aromatic carbocycles. The van der Waals surface area contributed by atoms with Gasteiger partial charge in [0.15, 0.2) is 10.9 Å². The monoisotopic (exact) mass is 426 g/mol. The first-order valence-electron chi connectivity index (χ1n) is 9.90. The Balaban J connectivity index is 1.56. The number of fused-ring (bicyclic) bond motifs is 2. The molecule has 32 heavy (non-hydrogen) atoms. The molecule has 0 saturated heterocycles. The molecule has 2 aromatic heterocycles. The molecule has 5 aromatic rings.